The molecule has 0 aliphatic heterocycles. The minimum atomic E-state index is -0.606. The molecular formula is C17H16N2O5. The van der Waals surface area contributed by atoms with E-state index in [0.29, 0.717) is 11.3 Å². The minimum absolute atomic E-state index is 0.100. The number of Topliss-reactive ketones (excluding diaryl/α,β-unsaturated/α-hetero) is 1. The molecule has 2 rings (SSSR count). The maximum Gasteiger partial charge on any atom is 0.311 e. The fourth-order valence-corrected chi connectivity index (χ4v) is 2.17. The van der Waals surface area contributed by atoms with Crippen molar-refractivity contribution in [3.05, 3.63) is 63.7 Å². The van der Waals surface area contributed by atoms with E-state index in [1.807, 2.05) is 0 Å². The SMILES string of the molecule is CCOc1ccc(C(=O)Nc2ccccc2C(C)=O)cc1[N+](=O)[O-]. The molecule has 0 aliphatic carbocycles. The van der Waals surface area contributed by atoms with Gasteiger partial charge in [-0.3, -0.25) is 19.7 Å². The predicted octanol–water partition coefficient (Wildman–Crippen LogP) is 3.45. The summed E-state index contributed by atoms with van der Waals surface area (Å²) in [5.74, 6) is -0.637. The largest absolute Gasteiger partial charge is 0.487 e. The number of hydrogen-bond acceptors (Lipinski definition) is 5. The summed E-state index contributed by atoms with van der Waals surface area (Å²) in [4.78, 5) is 34.5. The van der Waals surface area contributed by atoms with E-state index in [4.69, 9.17) is 4.74 Å². The average molecular weight is 328 g/mol. The molecule has 0 radical (unpaired) electrons. The number of ketones is 1. The van der Waals surface area contributed by atoms with Crippen LogP contribution < -0.4 is 10.1 Å². The Hall–Kier alpha value is -3.22. The number of carbonyl (C=O) groups excluding carboxylic acids is 2. The Morgan fingerprint density at radius 1 is 1.21 bits per heavy atom. The summed E-state index contributed by atoms with van der Waals surface area (Å²) in [6.45, 7) is 3.38. The number of anilines is 1. The molecule has 0 heterocycles. The van der Waals surface area contributed by atoms with Crippen molar-refractivity contribution in [3.63, 3.8) is 0 Å². The fourth-order valence-electron chi connectivity index (χ4n) is 2.17. The summed E-state index contributed by atoms with van der Waals surface area (Å²) in [6, 6.07) is 10.5. The zero-order chi connectivity index (χ0) is 17.7. The van der Waals surface area contributed by atoms with E-state index in [1.54, 1.807) is 31.2 Å². The summed E-state index contributed by atoms with van der Waals surface area (Å²) in [7, 11) is 0. The van der Waals surface area contributed by atoms with Crippen molar-refractivity contribution in [1.82, 2.24) is 0 Å². The Labute approximate surface area is 138 Å². The van der Waals surface area contributed by atoms with E-state index in [1.165, 1.54) is 19.1 Å². The number of nitrogens with zero attached hydrogens (tertiary/aromatic N) is 1. The number of ether oxygens (including phenoxy) is 1. The van der Waals surface area contributed by atoms with E-state index in [9.17, 15) is 19.7 Å². The smallest absolute Gasteiger partial charge is 0.311 e. The first kappa shape index (κ1) is 17.1. The second kappa shape index (κ2) is 7.36. The molecule has 0 fully saturated rings. The number of benzene rings is 2. The highest BCUT2D eigenvalue weighted by atomic mass is 16.6. The van der Waals surface area contributed by atoms with Gasteiger partial charge in [-0.25, -0.2) is 0 Å². The molecule has 0 saturated carbocycles. The highest BCUT2D eigenvalue weighted by molar-refractivity contribution is 6.09. The van der Waals surface area contributed by atoms with Crippen molar-refractivity contribution >= 4 is 23.1 Å². The molecule has 24 heavy (non-hydrogen) atoms. The van der Waals surface area contributed by atoms with Crippen LogP contribution in [0.25, 0.3) is 0 Å². The molecule has 0 unspecified atom stereocenters. The van der Waals surface area contributed by atoms with E-state index < -0.39 is 10.8 Å². The molecule has 1 amide bonds. The molecule has 0 bridgehead atoms. The van der Waals surface area contributed by atoms with Gasteiger partial charge in [0, 0.05) is 17.2 Å². The number of amides is 1. The topological polar surface area (TPSA) is 98.5 Å². The van der Waals surface area contributed by atoms with Crippen LogP contribution in [-0.4, -0.2) is 23.2 Å². The first-order chi connectivity index (χ1) is 11.4. The molecule has 2 aromatic carbocycles. The van der Waals surface area contributed by atoms with Gasteiger partial charge in [0.2, 0.25) is 0 Å². The number of hydrogen-bond donors (Lipinski definition) is 1. The van der Waals surface area contributed by atoms with Gasteiger partial charge in [-0.2, -0.15) is 0 Å². The molecule has 7 nitrogen and oxygen atoms in total. The van der Waals surface area contributed by atoms with Crippen LogP contribution in [0.5, 0.6) is 5.75 Å². The average Bonchev–Trinajstić information content (AvgIpc) is 2.55. The van der Waals surface area contributed by atoms with E-state index >= 15 is 0 Å². The Kier molecular flexibility index (Phi) is 5.26. The lowest BCUT2D eigenvalue weighted by Gasteiger charge is -2.10. The molecule has 7 heteroatoms. The zero-order valence-corrected chi connectivity index (χ0v) is 13.2. The molecular weight excluding hydrogens is 312 g/mol. The summed E-state index contributed by atoms with van der Waals surface area (Å²) >= 11 is 0. The van der Waals surface area contributed by atoms with Crippen LogP contribution in [0.15, 0.2) is 42.5 Å². The van der Waals surface area contributed by atoms with E-state index in [2.05, 4.69) is 5.32 Å². The molecule has 0 aromatic heterocycles. The van der Waals surface area contributed by atoms with Crippen molar-refractivity contribution in [2.45, 2.75) is 13.8 Å². The van der Waals surface area contributed by atoms with Gasteiger partial charge in [-0.15, -0.1) is 0 Å². The van der Waals surface area contributed by atoms with Gasteiger partial charge in [0.25, 0.3) is 5.91 Å². The first-order valence-electron chi connectivity index (χ1n) is 7.26. The maximum absolute atomic E-state index is 12.3. The number of nitro benzene ring substituents is 1. The van der Waals surface area contributed by atoms with Crippen LogP contribution in [0.1, 0.15) is 34.6 Å². The molecule has 0 saturated heterocycles. The zero-order valence-electron chi connectivity index (χ0n) is 13.2. The monoisotopic (exact) mass is 328 g/mol. The highest BCUT2D eigenvalue weighted by Gasteiger charge is 2.19. The van der Waals surface area contributed by atoms with E-state index in [0.717, 1.165) is 6.07 Å². The van der Waals surface area contributed by atoms with Gasteiger partial charge >= 0.3 is 5.69 Å². The normalized spacial score (nSPS) is 10.1. The maximum atomic E-state index is 12.3. The van der Waals surface area contributed by atoms with Gasteiger partial charge < -0.3 is 10.1 Å². The summed E-state index contributed by atoms with van der Waals surface area (Å²) in [5, 5.41) is 13.7. The number of para-hydroxylation sites is 1. The third-order valence-corrected chi connectivity index (χ3v) is 3.27. The van der Waals surface area contributed by atoms with Crippen LogP contribution >= 0.6 is 0 Å². The fraction of sp³-hybridized carbons (Fsp3) is 0.176. The predicted molar refractivity (Wildman–Crippen MR) is 88.7 cm³/mol. The van der Waals surface area contributed by atoms with Gasteiger partial charge in [0.05, 0.1) is 17.2 Å². The van der Waals surface area contributed by atoms with Gasteiger partial charge in [-0.1, -0.05) is 12.1 Å². The molecule has 0 aliphatic rings. The van der Waals surface area contributed by atoms with Crippen LogP contribution in [0, 0.1) is 10.1 Å². The molecule has 124 valence electrons. The molecule has 1 N–H and O–H groups in total. The van der Waals surface area contributed by atoms with Crippen molar-refractivity contribution in [1.29, 1.82) is 0 Å². The summed E-state index contributed by atoms with van der Waals surface area (Å²) < 4.78 is 5.18. The van der Waals surface area contributed by atoms with Gasteiger partial charge in [0.1, 0.15) is 0 Å². The minimum Gasteiger partial charge on any atom is -0.487 e. The lowest BCUT2D eigenvalue weighted by atomic mass is 10.1. The quantitative estimate of drug-likeness (QED) is 0.497. The standard InChI is InChI=1S/C17H16N2O5/c1-3-24-16-9-8-12(10-15(16)19(22)23)17(21)18-14-7-5-4-6-13(14)11(2)20/h4-10H,3H2,1-2H3,(H,18,21). The summed E-state index contributed by atoms with van der Waals surface area (Å²) in [6.07, 6.45) is 0. The Balaban J connectivity index is 2.32. The number of nitrogens with one attached hydrogen (secondary N) is 1. The number of nitro groups is 1. The molecule has 0 atom stereocenters. The second-order valence-corrected chi connectivity index (χ2v) is 4.93. The van der Waals surface area contributed by atoms with Crippen molar-refractivity contribution < 1.29 is 19.2 Å². The number of rotatable bonds is 6. The Morgan fingerprint density at radius 2 is 1.92 bits per heavy atom. The summed E-state index contributed by atoms with van der Waals surface area (Å²) in [5.41, 5.74) is 0.533. The van der Waals surface area contributed by atoms with Crippen LogP contribution in [0.3, 0.4) is 0 Å². The van der Waals surface area contributed by atoms with Crippen LogP contribution in [0.2, 0.25) is 0 Å². The van der Waals surface area contributed by atoms with E-state index in [-0.39, 0.29) is 29.4 Å². The van der Waals surface area contributed by atoms with Crippen LogP contribution in [-0.2, 0) is 0 Å². The van der Waals surface area contributed by atoms with Crippen molar-refractivity contribution in [2.24, 2.45) is 0 Å². The number of carbonyl (C=O) groups is 2. The lowest BCUT2D eigenvalue weighted by Crippen LogP contribution is -2.14. The van der Waals surface area contributed by atoms with Gasteiger partial charge in [0.15, 0.2) is 11.5 Å². The van der Waals surface area contributed by atoms with Crippen molar-refractivity contribution in [2.75, 3.05) is 11.9 Å². The van der Waals surface area contributed by atoms with Gasteiger partial charge in [-0.05, 0) is 38.1 Å². The lowest BCUT2D eigenvalue weighted by molar-refractivity contribution is -0.385. The first-order valence-corrected chi connectivity index (χ1v) is 7.26. The third-order valence-electron chi connectivity index (χ3n) is 3.27. The highest BCUT2D eigenvalue weighted by Crippen LogP contribution is 2.28. The molecule has 2 aromatic rings. The second-order valence-electron chi connectivity index (χ2n) is 4.93. The van der Waals surface area contributed by atoms with Crippen LogP contribution in [0.4, 0.5) is 11.4 Å². The van der Waals surface area contributed by atoms with Crippen molar-refractivity contribution in [3.8, 4) is 5.75 Å². The Morgan fingerprint density at radius 3 is 2.54 bits per heavy atom. The third kappa shape index (κ3) is 3.75. The Bertz CT molecular complexity index is 801. The molecule has 0 spiro atoms.